The maximum absolute atomic E-state index is 13.0. The molecular formula is C21H27ClN2O2. The monoisotopic (exact) mass is 374 g/mol. The van der Waals surface area contributed by atoms with Gasteiger partial charge in [-0.15, -0.1) is 0 Å². The number of halogens is 1. The Morgan fingerprint density at radius 3 is 2.42 bits per heavy atom. The van der Waals surface area contributed by atoms with Crippen LogP contribution in [-0.4, -0.2) is 30.2 Å². The van der Waals surface area contributed by atoms with E-state index in [1.165, 1.54) is 0 Å². The number of nitrogens with two attached hydrogens (primary N) is 1. The molecule has 1 aromatic rings. The average Bonchev–Trinajstić information content (AvgIpc) is 3.39. The van der Waals surface area contributed by atoms with Crippen LogP contribution in [0.2, 0.25) is 5.02 Å². The normalized spacial score (nSPS) is 23.3. The molecule has 1 amide bonds. The fraction of sp³-hybridized carbons (Fsp3) is 0.524. The number of carbonyl (C=O) groups excluding carboxylic acids is 2. The largest absolute Gasteiger partial charge is 0.396 e. The van der Waals surface area contributed by atoms with Crippen LogP contribution in [0, 0.1) is 11.3 Å². The summed E-state index contributed by atoms with van der Waals surface area (Å²) in [4.78, 5) is 26.9. The number of rotatable bonds is 5. The van der Waals surface area contributed by atoms with Crippen molar-refractivity contribution in [1.82, 2.24) is 4.90 Å². The number of carbonyl (C=O) groups is 2. The van der Waals surface area contributed by atoms with Crippen molar-refractivity contribution in [1.29, 1.82) is 0 Å². The molecule has 3 rings (SSSR count). The van der Waals surface area contributed by atoms with E-state index in [-0.39, 0.29) is 23.0 Å². The van der Waals surface area contributed by atoms with E-state index in [0.717, 1.165) is 31.2 Å². The Morgan fingerprint density at radius 2 is 1.88 bits per heavy atom. The molecule has 0 unspecified atom stereocenters. The van der Waals surface area contributed by atoms with E-state index in [4.69, 9.17) is 17.3 Å². The average molecular weight is 375 g/mol. The third kappa shape index (κ3) is 3.52. The second-order valence-electron chi connectivity index (χ2n) is 8.40. The van der Waals surface area contributed by atoms with Gasteiger partial charge in [-0.25, -0.2) is 0 Å². The van der Waals surface area contributed by atoms with Gasteiger partial charge in [-0.2, -0.15) is 0 Å². The van der Waals surface area contributed by atoms with Gasteiger partial charge in [0.15, 0.2) is 5.78 Å². The van der Waals surface area contributed by atoms with Crippen molar-refractivity contribution in [2.45, 2.75) is 44.9 Å². The molecule has 0 aromatic heterocycles. The molecule has 26 heavy (non-hydrogen) atoms. The van der Waals surface area contributed by atoms with Crippen LogP contribution in [0.5, 0.6) is 0 Å². The summed E-state index contributed by atoms with van der Waals surface area (Å²) in [5, 5.41) is 0.684. The summed E-state index contributed by atoms with van der Waals surface area (Å²) in [6.45, 7) is 4.54. The summed E-state index contributed by atoms with van der Waals surface area (Å²) in [5.41, 5.74) is 6.51. The lowest BCUT2D eigenvalue weighted by Gasteiger charge is -2.33. The zero-order chi connectivity index (χ0) is 19.1. The minimum Gasteiger partial charge on any atom is -0.396 e. The van der Waals surface area contributed by atoms with E-state index < -0.39 is 5.41 Å². The van der Waals surface area contributed by atoms with Gasteiger partial charge in [-0.3, -0.25) is 9.59 Å². The Hall–Kier alpha value is -1.81. The van der Waals surface area contributed by atoms with Gasteiger partial charge < -0.3 is 10.6 Å². The predicted molar refractivity (Wildman–Crippen MR) is 104 cm³/mol. The maximum atomic E-state index is 13.0. The first-order valence-electron chi connectivity index (χ1n) is 9.19. The van der Waals surface area contributed by atoms with Gasteiger partial charge in [0.1, 0.15) is 0 Å². The summed E-state index contributed by atoms with van der Waals surface area (Å²) in [7, 11) is 1.87. The first kappa shape index (κ1) is 19.0. The third-order valence-corrected chi connectivity index (χ3v) is 6.05. The molecule has 140 valence electrons. The predicted octanol–water partition coefficient (Wildman–Crippen LogP) is 3.68. The molecule has 0 spiro atoms. The van der Waals surface area contributed by atoms with Crippen molar-refractivity contribution in [3.05, 3.63) is 46.6 Å². The molecule has 0 radical (unpaired) electrons. The summed E-state index contributed by atoms with van der Waals surface area (Å²) < 4.78 is 0. The fourth-order valence-electron chi connectivity index (χ4n) is 4.06. The fourth-order valence-corrected chi connectivity index (χ4v) is 4.19. The second-order valence-corrected chi connectivity index (χ2v) is 8.84. The third-order valence-electron chi connectivity index (χ3n) is 5.80. The highest BCUT2D eigenvalue weighted by Gasteiger charge is 2.52. The molecule has 0 bridgehead atoms. The molecule has 1 aromatic carbocycles. The van der Waals surface area contributed by atoms with Crippen molar-refractivity contribution < 1.29 is 9.59 Å². The summed E-state index contributed by atoms with van der Waals surface area (Å²) in [5.74, 6) is 0.421. The molecule has 2 aliphatic carbocycles. The highest BCUT2D eigenvalue weighted by Crippen LogP contribution is 2.49. The number of allylic oxidation sites excluding steroid dienone is 2. The Kier molecular flexibility index (Phi) is 4.91. The molecule has 0 saturated heterocycles. The quantitative estimate of drug-likeness (QED) is 0.855. The minimum absolute atomic E-state index is 0.0258. The van der Waals surface area contributed by atoms with E-state index in [2.05, 4.69) is 0 Å². The van der Waals surface area contributed by atoms with Gasteiger partial charge >= 0.3 is 0 Å². The van der Waals surface area contributed by atoms with Crippen molar-refractivity contribution in [3.63, 3.8) is 0 Å². The second kappa shape index (κ2) is 6.73. The molecule has 1 saturated carbocycles. The van der Waals surface area contributed by atoms with Gasteiger partial charge in [0.2, 0.25) is 5.91 Å². The Bertz CT molecular complexity index is 748. The number of Topliss-reactive ketones (excluding diaryl/α,β-unsaturated/α-hetero) is 1. The number of hydrogen-bond donors (Lipinski definition) is 1. The van der Waals surface area contributed by atoms with Crippen LogP contribution in [0.4, 0.5) is 0 Å². The lowest BCUT2D eigenvalue weighted by molar-refractivity contribution is -0.133. The van der Waals surface area contributed by atoms with Gasteiger partial charge in [0.25, 0.3) is 0 Å². The highest BCUT2D eigenvalue weighted by atomic mass is 35.5. The summed E-state index contributed by atoms with van der Waals surface area (Å²) in [6, 6.07) is 7.61. The Balaban J connectivity index is 1.64. The van der Waals surface area contributed by atoms with Crippen LogP contribution in [0.3, 0.4) is 0 Å². The molecule has 2 N–H and O–H groups in total. The molecule has 5 heteroatoms. The van der Waals surface area contributed by atoms with Crippen molar-refractivity contribution in [3.8, 4) is 0 Å². The van der Waals surface area contributed by atoms with Crippen molar-refractivity contribution >= 4 is 23.3 Å². The molecular weight excluding hydrogens is 348 g/mol. The van der Waals surface area contributed by atoms with E-state index in [1.807, 2.05) is 56.1 Å². The minimum atomic E-state index is -0.424. The summed E-state index contributed by atoms with van der Waals surface area (Å²) in [6.07, 6.45) is 5.23. The smallest absolute Gasteiger partial charge is 0.232 e. The number of nitrogens with zero attached hydrogens (tertiary/aromatic N) is 1. The SMILES string of the molecule is CN(CC[C@H]1C=C(N)C(=O)C(C)(C)C1)C(=O)C1(c2ccc(Cl)cc2)CC1. The van der Waals surface area contributed by atoms with Crippen LogP contribution in [0.25, 0.3) is 0 Å². The lowest BCUT2D eigenvalue weighted by Crippen LogP contribution is -2.39. The standard InChI is InChI=1S/C21H27ClN2O2/c1-20(2)13-14(12-17(23)18(20)25)8-11-24(3)19(26)21(9-10-21)15-4-6-16(22)7-5-15/h4-7,12,14H,8-11,13,23H2,1-3H3/t14-/m0/s1. The number of amides is 1. The molecule has 2 aliphatic rings. The van der Waals surface area contributed by atoms with Crippen molar-refractivity contribution in [2.24, 2.45) is 17.1 Å². The van der Waals surface area contributed by atoms with E-state index in [0.29, 0.717) is 17.3 Å². The Labute approximate surface area is 160 Å². The molecule has 1 atom stereocenters. The van der Waals surface area contributed by atoms with Crippen LogP contribution in [0.1, 0.15) is 45.1 Å². The topological polar surface area (TPSA) is 63.4 Å². The lowest BCUT2D eigenvalue weighted by atomic mass is 9.73. The van der Waals surface area contributed by atoms with Crippen molar-refractivity contribution in [2.75, 3.05) is 13.6 Å². The number of hydrogen-bond acceptors (Lipinski definition) is 3. The zero-order valence-corrected chi connectivity index (χ0v) is 16.5. The van der Waals surface area contributed by atoms with E-state index >= 15 is 0 Å². The van der Waals surface area contributed by atoms with Gasteiger partial charge in [0.05, 0.1) is 11.1 Å². The molecule has 0 aliphatic heterocycles. The molecule has 0 heterocycles. The highest BCUT2D eigenvalue weighted by molar-refractivity contribution is 6.30. The van der Waals surface area contributed by atoms with E-state index in [9.17, 15) is 9.59 Å². The first-order chi connectivity index (χ1) is 12.2. The maximum Gasteiger partial charge on any atom is 0.232 e. The summed E-state index contributed by atoms with van der Waals surface area (Å²) >= 11 is 5.97. The number of ketones is 1. The number of likely N-dealkylation sites (N-methyl/N-ethyl adjacent to an activating group) is 1. The van der Waals surface area contributed by atoms with Gasteiger partial charge in [-0.1, -0.05) is 43.7 Å². The zero-order valence-electron chi connectivity index (χ0n) is 15.7. The first-order valence-corrected chi connectivity index (χ1v) is 9.57. The molecule has 4 nitrogen and oxygen atoms in total. The number of benzene rings is 1. The van der Waals surface area contributed by atoms with Crippen LogP contribution >= 0.6 is 11.6 Å². The van der Waals surface area contributed by atoms with Gasteiger partial charge in [0, 0.05) is 24.0 Å². The molecule has 1 fully saturated rings. The van der Waals surface area contributed by atoms with Crippen LogP contribution in [0.15, 0.2) is 36.0 Å². The Morgan fingerprint density at radius 1 is 1.27 bits per heavy atom. The van der Waals surface area contributed by atoms with E-state index in [1.54, 1.807) is 0 Å². The van der Waals surface area contributed by atoms with Crippen LogP contribution < -0.4 is 5.73 Å². The van der Waals surface area contributed by atoms with Gasteiger partial charge in [-0.05, 0) is 49.3 Å². The van der Waals surface area contributed by atoms with Crippen LogP contribution in [-0.2, 0) is 15.0 Å².